The summed E-state index contributed by atoms with van der Waals surface area (Å²) < 4.78 is 19.9. The number of rotatable bonds is 6. The number of ketones is 1. The highest BCUT2D eigenvalue weighted by molar-refractivity contribution is 6.99. The lowest BCUT2D eigenvalue weighted by Gasteiger charge is -2.46. The third kappa shape index (κ3) is 7.55. The van der Waals surface area contributed by atoms with Gasteiger partial charge in [0.25, 0.3) is 8.32 Å². The zero-order valence-electron chi connectivity index (χ0n) is 32.6. The molecule has 7 heteroatoms. The van der Waals surface area contributed by atoms with Crippen molar-refractivity contribution >= 4 is 36.4 Å². The maximum absolute atomic E-state index is 15.1. The van der Waals surface area contributed by atoms with Crippen LogP contribution >= 0.6 is 0 Å². The molecule has 1 aliphatic heterocycles. The zero-order chi connectivity index (χ0) is 37.4. The third-order valence-electron chi connectivity index (χ3n) is 12.4. The van der Waals surface area contributed by atoms with Gasteiger partial charge in [0.1, 0.15) is 12.2 Å². The van der Waals surface area contributed by atoms with Crippen molar-refractivity contribution in [3.05, 3.63) is 84.5 Å². The first-order valence-corrected chi connectivity index (χ1v) is 21.7. The highest BCUT2D eigenvalue weighted by Gasteiger charge is 2.54. The van der Waals surface area contributed by atoms with Crippen LogP contribution < -0.4 is 10.4 Å². The maximum Gasteiger partial charge on any atom is 0.311 e. The molecule has 1 heterocycles. The Morgan fingerprint density at radius 2 is 1.50 bits per heavy atom. The largest absolute Gasteiger partial charge is 0.462 e. The van der Waals surface area contributed by atoms with Crippen LogP contribution in [-0.4, -0.2) is 44.4 Å². The summed E-state index contributed by atoms with van der Waals surface area (Å²) in [5, 5.41) is 2.16. The molecule has 0 spiro atoms. The van der Waals surface area contributed by atoms with E-state index >= 15 is 4.79 Å². The molecule has 280 valence electrons. The fourth-order valence-electron chi connectivity index (χ4n) is 9.58. The number of allylic oxidation sites excluding steroid dienone is 4. The van der Waals surface area contributed by atoms with Gasteiger partial charge >= 0.3 is 11.9 Å². The number of fused-ring (bicyclic) bond motifs is 5. The molecule has 6 rings (SSSR count). The van der Waals surface area contributed by atoms with E-state index in [4.69, 9.17) is 13.9 Å². The lowest BCUT2D eigenvalue weighted by atomic mass is 9.70. The molecule has 2 fully saturated rings. The van der Waals surface area contributed by atoms with Gasteiger partial charge in [-0.25, -0.2) is 0 Å². The molecule has 1 saturated carbocycles. The first-order chi connectivity index (χ1) is 24.6. The van der Waals surface area contributed by atoms with Crippen LogP contribution in [0, 0.1) is 40.9 Å². The molecule has 3 aliphatic carbocycles. The van der Waals surface area contributed by atoms with Crippen molar-refractivity contribution in [2.24, 2.45) is 40.9 Å². The third-order valence-corrected chi connectivity index (χ3v) is 17.5. The Balaban J connectivity index is 1.38. The molecular formula is C45H60O6Si. The van der Waals surface area contributed by atoms with Crippen molar-refractivity contribution in [3.63, 3.8) is 0 Å². The van der Waals surface area contributed by atoms with Crippen LogP contribution in [0.4, 0.5) is 0 Å². The number of esters is 2. The molecule has 0 N–H and O–H groups in total. The second-order valence-corrected chi connectivity index (χ2v) is 22.2. The average Bonchev–Trinajstić information content (AvgIpc) is 3.69. The predicted molar refractivity (Wildman–Crippen MR) is 209 cm³/mol. The Morgan fingerprint density at radius 3 is 2.08 bits per heavy atom. The molecular weight excluding hydrogens is 665 g/mol. The van der Waals surface area contributed by atoms with E-state index in [1.165, 1.54) is 10.4 Å². The fourth-order valence-corrected chi connectivity index (χ4v) is 14.4. The summed E-state index contributed by atoms with van der Waals surface area (Å²) in [5.74, 6) is -0.336. The highest BCUT2D eigenvalue weighted by atomic mass is 28.4. The number of Topliss-reactive ketones (excluding diaryl/α,β-unsaturated/α-hetero) is 1. The zero-order valence-corrected chi connectivity index (χ0v) is 33.6. The Hall–Kier alpha value is -3.29. The summed E-state index contributed by atoms with van der Waals surface area (Å²) in [7, 11) is -2.96. The minimum absolute atomic E-state index is 0.0241. The first-order valence-electron chi connectivity index (χ1n) is 19.8. The monoisotopic (exact) mass is 724 g/mol. The number of carbonyl (C=O) groups is 3. The molecule has 0 aromatic heterocycles. The van der Waals surface area contributed by atoms with Gasteiger partial charge in [-0.05, 0) is 104 Å². The normalized spacial score (nSPS) is 31.3. The van der Waals surface area contributed by atoms with Crippen LogP contribution in [0.15, 0.2) is 84.5 Å². The van der Waals surface area contributed by atoms with E-state index in [1.54, 1.807) is 0 Å². The van der Waals surface area contributed by atoms with Crippen LogP contribution in [0.1, 0.15) is 100 Å². The number of ether oxygens (including phenoxy) is 2. The van der Waals surface area contributed by atoms with E-state index in [2.05, 4.69) is 114 Å². The van der Waals surface area contributed by atoms with Gasteiger partial charge in [0.05, 0.1) is 17.9 Å². The second kappa shape index (κ2) is 15.2. The summed E-state index contributed by atoms with van der Waals surface area (Å²) in [5.41, 5.74) is 0.192. The van der Waals surface area contributed by atoms with Crippen molar-refractivity contribution in [3.8, 4) is 0 Å². The van der Waals surface area contributed by atoms with Crippen molar-refractivity contribution in [2.75, 3.05) is 0 Å². The Kier molecular flexibility index (Phi) is 11.2. The average molecular weight is 725 g/mol. The van der Waals surface area contributed by atoms with Gasteiger partial charge in [0.2, 0.25) is 0 Å². The van der Waals surface area contributed by atoms with Crippen molar-refractivity contribution in [1.82, 2.24) is 0 Å². The van der Waals surface area contributed by atoms with Gasteiger partial charge in [0, 0.05) is 11.8 Å². The molecule has 0 bridgehead atoms. The number of hydrogen-bond donors (Lipinski definition) is 0. The lowest BCUT2D eigenvalue weighted by molar-refractivity contribution is -0.158. The molecule has 0 radical (unpaired) electrons. The van der Waals surface area contributed by atoms with Gasteiger partial charge in [0.15, 0.2) is 5.78 Å². The van der Waals surface area contributed by atoms with Crippen molar-refractivity contribution < 1.29 is 28.3 Å². The first kappa shape index (κ1) is 38.4. The maximum atomic E-state index is 15.1. The molecule has 2 aromatic carbocycles. The molecule has 6 nitrogen and oxygen atoms in total. The fraction of sp³-hybridized carbons (Fsp3) is 0.578. The van der Waals surface area contributed by atoms with E-state index in [0.717, 1.165) is 37.7 Å². The van der Waals surface area contributed by atoms with E-state index in [1.807, 2.05) is 20.8 Å². The molecule has 0 unspecified atom stereocenters. The molecule has 0 amide bonds. The Morgan fingerprint density at radius 1 is 0.865 bits per heavy atom. The van der Waals surface area contributed by atoms with Gasteiger partial charge < -0.3 is 13.9 Å². The van der Waals surface area contributed by atoms with Crippen LogP contribution in [0.25, 0.3) is 0 Å². The predicted octanol–water partition coefficient (Wildman–Crippen LogP) is 8.38. The standard InChI is InChI=1S/C45H60O6Si/c1-9-31-17-16-22-40(51-52(45(6,7)8,33-18-12-10-13-19-33)34-20-14-11-15-21-34)29(2)42(47)39-27-37-35(38(39)28-41(46)49-31)24-23-30-25-32(26-36(30)37)50-43(48)44(3,4)5/h10-15,18-21,23-24,27,29-32,35-38,40H,9,16-17,22,25-26,28H2,1-8H3/t29-,30-,31+,32-,35-,36-,37-,38+,40-/m1/s1. The molecule has 9 atom stereocenters. The van der Waals surface area contributed by atoms with E-state index in [0.29, 0.717) is 6.42 Å². The number of cyclic esters (lactones) is 1. The van der Waals surface area contributed by atoms with Gasteiger partial charge in [-0.15, -0.1) is 0 Å². The SMILES string of the molecule is CC[C@H]1CCC[C@@H](O[Si](c2ccccc2)(c2ccccc2)C(C)(C)C)[C@@H](C)C(=O)C2=C[C@@H]3[C@@H](C=C[C@@H]4C[C@@H](OC(=O)C(C)(C)C)C[C@@H]34)[C@@H]2CC(=O)O1. The number of hydrogen-bond acceptors (Lipinski definition) is 6. The number of carbonyl (C=O) groups excluding carboxylic acids is 3. The van der Waals surface area contributed by atoms with Crippen molar-refractivity contribution in [1.29, 1.82) is 0 Å². The van der Waals surface area contributed by atoms with Crippen LogP contribution in [0.2, 0.25) is 5.04 Å². The Bertz CT molecular complexity index is 1610. The molecule has 52 heavy (non-hydrogen) atoms. The van der Waals surface area contributed by atoms with Crippen LogP contribution in [0.5, 0.6) is 0 Å². The Labute approximate surface area is 312 Å². The summed E-state index contributed by atoms with van der Waals surface area (Å²) in [6.45, 7) is 16.7. The number of benzene rings is 2. The molecule has 2 aromatic rings. The topological polar surface area (TPSA) is 78.9 Å². The quantitative estimate of drug-likeness (QED) is 0.169. The van der Waals surface area contributed by atoms with Crippen LogP contribution in [-0.2, 0) is 28.3 Å². The second-order valence-electron chi connectivity index (χ2n) is 18.0. The van der Waals surface area contributed by atoms with E-state index in [-0.39, 0.29) is 77.1 Å². The lowest BCUT2D eigenvalue weighted by Crippen LogP contribution is -2.68. The molecule has 1 saturated heterocycles. The van der Waals surface area contributed by atoms with E-state index < -0.39 is 19.7 Å². The van der Waals surface area contributed by atoms with E-state index in [9.17, 15) is 9.59 Å². The van der Waals surface area contributed by atoms with Gasteiger partial charge in [-0.3, -0.25) is 14.4 Å². The minimum Gasteiger partial charge on any atom is -0.462 e. The summed E-state index contributed by atoms with van der Waals surface area (Å²) in [6.07, 6.45) is 10.8. The summed E-state index contributed by atoms with van der Waals surface area (Å²) in [4.78, 5) is 41.5. The molecule has 4 aliphatic rings. The highest BCUT2D eigenvalue weighted by Crippen LogP contribution is 2.54. The van der Waals surface area contributed by atoms with Gasteiger partial charge in [-0.1, -0.05) is 114 Å². The smallest absolute Gasteiger partial charge is 0.311 e. The summed E-state index contributed by atoms with van der Waals surface area (Å²) >= 11 is 0. The minimum atomic E-state index is -2.96. The summed E-state index contributed by atoms with van der Waals surface area (Å²) in [6, 6.07) is 21.3. The van der Waals surface area contributed by atoms with Gasteiger partial charge in [-0.2, -0.15) is 0 Å². The van der Waals surface area contributed by atoms with Crippen LogP contribution in [0.3, 0.4) is 0 Å². The van der Waals surface area contributed by atoms with Crippen molar-refractivity contribution in [2.45, 2.75) is 124 Å².